The molecule has 2 unspecified atom stereocenters. The van der Waals surface area contributed by atoms with Crippen LogP contribution in [0.25, 0.3) is 0 Å². The first-order valence-electron chi connectivity index (χ1n) is 6.85. The van der Waals surface area contributed by atoms with Gasteiger partial charge in [-0.15, -0.1) is 0 Å². The Hall–Kier alpha value is -1.59. The van der Waals surface area contributed by atoms with E-state index in [9.17, 15) is 9.59 Å². The highest BCUT2D eigenvalue weighted by atomic mass is 35.5. The molecule has 2 atom stereocenters. The summed E-state index contributed by atoms with van der Waals surface area (Å²) in [4.78, 5) is 24.9. The van der Waals surface area contributed by atoms with Crippen LogP contribution in [0.2, 0.25) is 5.02 Å². The highest BCUT2D eigenvalue weighted by molar-refractivity contribution is 6.30. The molecule has 0 bridgehead atoms. The van der Waals surface area contributed by atoms with E-state index in [1.165, 1.54) is 0 Å². The van der Waals surface area contributed by atoms with Crippen LogP contribution in [0.4, 0.5) is 0 Å². The molecule has 1 aromatic carbocycles. The number of aliphatic carboxylic acids is 1. The fourth-order valence-electron chi connectivity index (χ4n) is 2.42. The second-order valence-corrected chi connectivity index (χ2v) is 5.65. The van der Waals surface area contributed by atoms with Gasteiger partial charge in [0, 0.05) is 17.5 Å². The molecule has 0 radical (unpaired) electrons. The summed E-state index contributed by atoms with van der Waals surface area (Å²) in [6, 6.07) is 7.40. The maximum atomic E-state index is 12.4. The summed E-state index contributed by atoms with van der Waals surface area (Å²) < 4.78 is 5.12. The minimum absolute atomic E-state index is 0.0514. The minimum Gasteiger partial charge on any atom is -0.479 e. The Morgan fingerprint density at radius 1 is 1.52 bits per heavy atom. The summed E-state index contributed by atoms with van der Waals surface area (Å²) in [5.74, 6) is -1.31. The monoisotopic (exact) mass is 311 g/mol. The quantitative estimate of drug-likeness (QED) is 0.921. The van der Waals surface area contributed by atoms with Crippen molar-refractivity contribution in [1.82, 2.24) is 4.90 Å². The smallest absolute Gasteiger partial charge is 0.334 e. The average Bonchev–Trinajstić information content (AvgIpc) is 2.46. The molecular formula is C15H18ClNO4. The largest absolute Gasteiger partial charge is 0.479 e. The second-order valence-electron chi connectivity index (χ2n) is 5.22. The van der Waals surface area contributed by atoms with E-state index in [4.69, 9.17) is 21.4 Å². The van der Waals surface area contributed by atoms with Gasteiger partial charge in [0.15, 0.2) is 6.10 Å². The lowest BCUT2D eigenvalue weighted by Crippen LogP contribution is -2.50. The van der Waals surface area contributed by atoms with Crippen molar-refractivity contribution >= 4 is 23.5 Å². The Balaban J connectivity index is 1.97. The zero-order chi connectivity index (χ0) is 15.4. The Morgan fingerprint density at radius 2 is 2.29 bits per heavy atom. The van der Waals surface area contributed by atoms with Crippen LogP contribution in [0.1, 0.15) is 12.5 Å². The van der Waals surface area contributed by atoms with E-state index in [1.807, 2.05) is 25.1 Å². The van der Waals surface area contributed by atoms with Crippen LogP contribution in [-0.4, -0.2) is 47.7 Å². The van der Waals surface area contributed by atoms with Crippen LogP contribution in [-0.2, 0) is 20.7 Å². The molecule has 1 heterocycles. The van der Waals surface area contributed by atoms with E-state index in [2.05, 4.69) is 0 Å². The summed E-state index contributed by atoms with van der Waals surface area (Å²) in [5.41, 5.74) is 0.992. The average molecular weight is 312 g/mol. The maximum absolute atomic E-state index is 12.4. The highest BCUT2D eigenvalue weighted by Gasteiger charge is 2.30. The lowest BCUT2D eigenvalue weighted by atomic mass is 9.99. The zero-order valence-corrected chi connectivity index (χ0v) is 12.5. The summed E-state index contributed by atoms with van der Waals surface area (Å²) in [7, 11) is 0. The van der Waals surface area contributed by atoms with Gasteiger partial charge >= 0.3 is 5.97 Å². The van der Waals surface area contributed by atoms with Crippen LogP contribution in [0.15, 0.2) is 24.3 Å². The van der Waals surface area contributed by atoms with Crippen LogP contribution >= 0.6 is 11.6 Å². The number of carboxylic acid groups (broad SMARTS) is 1. The number of benzene rings is 1. The van der Waals surface area contributed by atoms with E-state index < -0.39 is 12.1 Å². The van der Waals surface area contributed by atoms with Crippen molar-refractivity contribution in [2.75, 3.05) is 19.7 Å². The highest BCUT2D eigenvalue weighted by Crippen LogP contribution is 2.17. The van der Waals surface area contributed by atoms with E-state index in [0.29, 0.717) is 18.0 Å². The molecule has 1 aromatic rings. The predicted molar refractivity (Wildman–Crippen MR) is 78.3 cm³/mol. The number of halogens is 1. The molecule has 1 aliphatic heterocycles. The lowest BCUT2D eigenvalue weighted by molar-refractivity contribution is -0.160. The molecule has 2 rings (SSSR count). The van der Waals surface area contributed by atoms with E-state index >= 15 is 0 Å². The third-order valence-corrected chi connectivity index (χ3v) is 3.74. The molecule has 1 amide bonds. The summed E-state index contributed by atoms with van der Waals surface area (Å²) in [6.45, 7) is 2.64. The molecule has 0 aromatic heterocycles. The molecular weight excluding hydrogens is 294 g/mol. The Morgan fingerprint density at radius 3 is 2.95 bits per heavy atom. The van der Waals surface area contributed by atoms with Crippen molar-refractivity contribution in [3.8, 4) is 0 Å². The number of ether oxygens (including phenoxy) is 1. The van der Waals surface area contributed by atoms with Crippen molar-refractivity contribution < 1.29 is 19.4 Å². The predicted octanol–water partition coefficient (Wildman–Crippen LogP) is 1.83. The number of amides is 1. The molecule has 1 saturated heterocycles. The van der Waals surface area contributed by atoms with Gasteiger partial charge < -0.3 is 14.7 Å². The van der Waals surface area contributed by atoms with E-state index in [0.717, 1.165) is 5.56 Å². The molecule has 6 heteroatoms. The number of morpholine rings is 1. The van der Waals surface area contributed by atoms with Gasteiger partial charge in [-0.1, -0.05) is 30.7 Å². The third kappa shape index (κ3) is 4.19. The fourth-order valence-corrected chi connectivity index (χ4v) is 2.63. The molecule has 1 N–H and O–H groups in total. The Bertz CT molecular complexity index is 534. The SMILES string of the molecule is CC(Cc1cccc(Cl)c1)C(=O)N1CCOC(C(=O)O)C1. The molecule has 0 aliphatic carbocycles. The second kappa shape index (κ2) is 6.91. The molecule has 1 fully saturated rings. The van der Waals surface area contributed by atoms with Crippen molar-refractivity contribution in [2.24, 2.45) is 5.92 Å². The molecule has 0 saturated carbocycles. The first kappa shape index (κ1) is 15.8. The Kier molecular flexibility index (Phi) is 5.20. The Labute approximate surface area is 128 Å². The standard InChI is InChI=1S/C15H18ClNO4/c1-10(7-11-3-2-4-12(16)8-11)14(18)17-5-6-21-13(9-17)15(19)20/h2-4,8,10,13H,5-7,9H2,1H3,(H,19,20). The fraction of sp³-hybridized carbons (Fsp3) is 0.467. The molecule has 21 heavy (non-hydrogen) atoms. The number of carboxylic acids is 1. The van der Waals surface area contributed by atoms with Crippen molar-refractivity contribution in [3.05, 3.63) is 34.9 Å². The van der Waals surface area contributed by atoms with E-state index in [-0.39, 0.29) is 25.0 Å². The van der Waals surface area contributed by atoms with Crippen LogP contribution in [0, 0.1) is 5.92 Å². The number of nitrogens with zero attached hydrogens (tertiary/aromatic N) is 1. The topological polar surface area (TPSA) is 66.8 Å². The van der Waals surface area contributed by atoms with Gasteiger partial charge in [0.1, 0.15) is 0 Å². The van der Waals surface area contributed by atoms with E-state index in [1.54, 1.807) is 11.0 Å². The first-order chi connectivity index (χ1) is 9.97. The van der Waals surface area contributed by atoms with Crippen LogP contribution in [0.5, 0.6) is 0 Å². The number of carbonyl (C=O) groups excluding carboxylic acids is 1. The van der Waals surface area contributed by atoms with Gasteiger partial charge in [0.2, 0.25) is 5.91 Å². The van der Waals surface area contributed by atoms with Crippen LogP contribution < -0.4 is 0 Å². The van der Waals surface area contributed by atoms with Gasteiger partial charge in [0.25, 0.3) is 0 Å². The number of rotatable bonds is 4. The molecule has 5 nitrogen and oxygen atoms in total. The van der Waals surface area contributed by atoms with Crippen molar-refractivity contribution in [1.29, 1.82) is 0 Å². The van der Waals surface area contributed by atoms with Gasteiger partial charge in [-0.05, 0) is 24.1 Å². The van der Waals surface area contributed by atoms with Gasteiger partial charge in [-0.2, -0.15) is 0 Å². The number of hydrogen-bond acceptors (Lipinski definition) is 3. The lowest BCUT2D eigenvalue weighted by Gasteiger charge is -2.32. The van der Waals surface area contributed by atoms with Crippen LogP contribution in [0.3, 0.4) is 0 Å². The van der Waals surface area contributed by atoms with Crippen molar-refractivity contribution in [3.63, 3.8) is 0 Å². The zero-order valence-electron chi connectivity index (χ0n) is 11.8. The summed E-state index contributed by atoms with van der Waals surface area (Å²) in [6.07, 6.45) is -0.352. The molecule has 114 valence electrons. The first-order valence-corrected chi connectivity index (χ1v) is 7.23. The summed E-state index contributed by atoms with van der Waals surface area (Å²) >= 11 is 5.93. The third-order valence-electron chi connectivity index (χ3n) is 3.51. The van der Waals surface area contributed by atoms with Gasteiger partial charge in [-0.3, -0.25) is 4.79 Å². The molecule has 1 aliphatic rings. The number of carbonyl (C=O) groups is 2. The minimum atomic E-state index is -1.03. The summed E-state index contributed by atoms with van der Waals surface area (Å²) in [5, 5.41) is 9.61. The van der Waals surface area contributed by atoms with Crippen molar-refractivity contribution in [2.45, 2.75) is 19.4 Å². The number of hydrogen-bond donors (Lipinski definition) is 1. The van der Waals surface area contributed by atoms with Gasteiger partial charge in [0.05, 0.1) is 13.2 Å². The molecule has 0 spiro atoms. The normalized spacial score (nSPS) is 20.1. The van der Waals surface area contributed by atoms with Gasteiger partial charge in [-0.25, -0.2) is 4.79 Å². The maximum Gasteiger partial charge on any atom is 0.334 e.